The standard InChI is InChI=1S/C20H20N6OS/c1-12-15(13(2)26(4)24-12)19(27)23-20-22-16(14-8-6-5-7-9-14)17(28-20)18-21-10-11-25(18)3/h5-11H,1-4H3,(H,22,23,27). The molecule has 0 aliphatic heterocycles. The molecule has 0 radical (unpaired) electrons. The molecule has 8 heteroatoms. The Bertz CT molecular complexity index is 1160. The molecule has 0 bridgehead atoms. The zero-order valence-corrected chi connectivity index (χ0v) is 16.9. The van der Waals surface area contributed by atoms with Crippen molar-refractivity contribution in [3.63, 3.8) is 0 Å². The van der Waals surface area contributed by atoms with Gasteiger partial charge in [0.25, 0.3) is 5.91 Å². The zero-order valence-electron chi connectivity index (χ0n) is 16.1. The molecule has 0 atom stereocenters. The Kier molecular flexibility index (Phi) is 4.56. The lowest BCUT2D eigenvalue weighted by Crippen LogP contribution is -2.13. The van der Waals surface area contributed by atoms with Crippen molar-refractivity contribution in [3.05, 3.63) is 59.7 Å². The Balaban J connectivity index is 1.76. The minimum atomic E-state index is -0.206. The van der Waals surface area contributed by atoms with Crippen LogP contribution in [0.4, 0.5) is 5.13 Å². The van der Waals surface area contributed by atoms with Crippen molar-refractivity contribution < 1.29 is 4.79 Å². The quantitative estimate of drug-likeness (QED) is 0.573. The van der Waals surface area contributed by atoms with Crippen LogP contribution < -0.4 is 5.32 Å². The van der Waals surface area contributed by atoms with Gasteiger partial charge in [-0.1, -0.05) is 41.7 Å². The first-order valence-electron chi connectivity index (χ1n) is 8.81. The number of hydrogen-bond acceptors (Lipinski definition) is 5. The lowest BCUT2D eigenvalue weighted by Gasteiger charge is -2.02. The summed E-state index contributed by atoms with van der Waals surface area (Å²) in [4.78, 5) is 22.9. The number of amides is 1. The van der Waals surface area contributed by atoms with Gasteiger partial charge in [0.15, 0.2) is 11.0 Å². The highest BCUT2D eigenvalue weighted by Gasteiger charge is 2.22. The summed E-state index contributed by atoms with van der Waals surface area (Å²) in [5, 5.41) is 7.80. The minimum Gasteiger partial charge on any atom is -0.333 e. The first-order valence-corrected chi connectivity index (χ1v) is 9.63. The van der Waals surface area contributed by atoms with Crippen LogP contribution in [-0.2, 0) is 14.1 Å². The fourth-order valence-corrected chi connectivity index (χ4v) is 4.19. The van der Waals surface area contributed by atoms with E-state index in [1.165, 1.54) is 11.3 Å². The number of benzene rings is 1. The van der Waals surface area contributed by atoms with Gasteiger partial charge in [-0.2, -0.15) is 5.10 Å². The van der Waals surface area contributed by atoms with Gasteiger partial charge in [-0.25, -0.2) is 9.97 Å². The maximum absolute atomic E-state index is 12.9. The van der Waals surface area contributed by atoms with E-state index < -0.39 is 0 Å². The number of aryl methyl sites for hydroxylation is 3. The number of carbonyl (C=O) groups excluding carboxylic acids is 1. The molecule has 0 saturated heterocycles. The Morgan fingerprint density at radius 1 is 1.14 bits per heavy atom. The number of carbonyl (C=O) groups is 1. The molecule has 7 nitrogen and oxygen atoms in total. The van der Waals surface area contributed by atoms with E-state index in [1.54, 1.807) is 10.9 Å². The molecule has 3 heterocycles. The van der Waals surface area contributed by atoms with Crippen molar-refractivity contribution in [2.45, 2.75) is 13.8 Å². The monoisotopic (exact) mass is 392 g/mol. The van der Waals surface area contributed by atoms with E-state index >= 15 is 0 Å². The van der Waals surface area contributed by atoms with Gasteiger partial charge in [-0.15, -0.1) is 0 Å². The predicted octanol–water partition coefficient (Wildman–Crippen LogP) is 3.81. The molecule has 0 spiro atoms. The van der Waals surface area contributed by atoms with Crippen LogP contribution in [0.2, 0.25) is 0 Å². The van der Waals surface area contributed by atoms with E-state index in [9.17, 15) is 4.79 Å². The van der Waals surface area contributed by atoms with Gasteiger partial charge in [0.1, 0.15) is 0 Å². The summed E-state index contributed by atoms with van der Waals surface area (Å²) in [6.07, 6.45) is 3.65. The number of nitrogens with one attached hydrogen (secondary N) is 1. The molecule has 28 heavy (non-hydrogen) atoms. The number of aromatic nitrogens is 5. The van der Waals surface area contributed by atoms with Crippen molar-refractivity contribution in [3.8, 4) is 22.0 Å². The minimum absolute atomic E-state index is 0.206. The number of thiazole rings is 1. The number of imidazole rings is 1. The van der Waals surface area contributed by atoms with Crippen molar-refractivity contribution in [2.24, 2.45) is 14.1 Å². The lowest BCUT2D eigenvalue weighted by molar-refractivity contribution is 0.102. The highest BCUT2D eigenvalue weighted by molar-refractivity contribution is 7.19. The fraction of sp³-hybridized carbons (Fsp3) is 0.200. The average Bonchev–Trinajstić information content (AvgIpc) is 3.34. The van der Waals surface area contributed by atoms with Crippen molar-refractivity contribution in [1.29, 1.82) is 0 Å². The van der Waals surface area contributed by atoms with Crippen LogP contribution in [0.15, 0.2) is 42.7 Å². The highest BCUT2D eigenvalue weighted by atomic mass is 32.1. The number of anilines is 1. The predicted molar refractivity (Wildman–Crippen MR) is 110 cm³/mol. The first-order chi connectivity index (χ1) is 13.5. The second kappa shape index (κ2) is 7.05. The summed E-state index contributed by atoms with van der Waals surface area (Å²) >= 11 is 1.41. The molecule has 1 aromatic carbocycles. The third-order valence-corrected chi connectivity index (χ3v) is 5.62. The van der Waals surface area contributed by atoms with Gasteiger partial charge in [-0.3, -0.25) is 14.8 Å². The topological polar surface area (TPSA) is 77.6 Å². The Morgan fingerprint density at radius 3 is 2.50 bits per heavy atom. The zero-order chi connectivity index (χ0) is 19.8. The van der Waals surface area contributed by atoms with Gasteiger partial charge >= 0.3 is 0 Å². The van der Waals surface area contributed by atoms with Crippen LogP contribution >= 0.6 is 11.3 Å². The Morgan fingerprint density at radius 2 is 1.89 bits per heavy atom. The molecule has 4 rings (SSSR count). The van der Waals surface area contributed by atoms with Gasteiger partial charge in [0, 0.05) is 37.7 Å². The smallest absolute Gasteiger partial charge is 0.261 e. The van der Waals surface area contributed by atoms with Gasteiger partial charge in [0.05, 0.1) is 21.8 Å². The third-order valence-electron chi connectivity index (χ3n) is 4.66. The number of rotatable bonds is 4. The normalized spacial score (nSPS) is 11.0. The summed E-state index contributed by atoms with van der Waals surface area (Å²) in [6, 6.07) is 9.91. The summed E-state index contributed by atoms with van der Waals surface area (Å²) < 4.78 is 3.65. The van der Waals surface area contributed by atoms with Crippen molar-refractivity contribution in [1.82, 2.24) is 24.3 Å². The molecule has 0 unspecified atom stereocenters. The van der Waals surface area contributed by atoms with Gasteiger partial charge in [-0.05, 0) is 13.8 Å². The molecule has 1 N–H and O–H groups in total. The summed E-state index contributed by atoms with van der Waals surface area (Å²) in [5.41, 5.74) is 3.87. The largest absolute Gasteiger partial charge is 0.333 e. The van der Waals surface area contributed by atoms with Crippen LogP contribution in [0, 0.1) is 13.8 Å². The number of nitrogens with zero attached hydrogens (tertiary/aromatic N) is 5. The summed E-state index contributed by atoms with van der Waals surface area (Å²) in [6.45, 7) is 3.71. The van der Waals surface area contributed by atoms with Gasteiger partial charge < -0.3 is 4.57 Å². The first kappa shape index (κ1) is 18.1. The van der Waals surface area contributed by atoms with E-state index in [-0.39, 0.29) is 5.91 Å². The second-order valence-corrected chi connectivity index (χ2v) is 7.55. The van der Waals surface area contributed by atoms with Crippen LogP contribution in [0.3, 0.4) is 0 Å². The second-order valence-electron chi connectivity index (χ2n) is 6.55. The van der Waals surface area contributed by atoms with Crippen LogP contribution in [0.1, 0.15) is 21.7 Å². The van der Waals surface area contributed by atoms with Crippen LogP contribution in [0.25, 0.3) is 22.0 Å². The maximum Gasteiger partial charge on any atom is 0.261 e. The molecular formula is C20H20N6OS. The van der Waals surface area contributed by atoms with E-state index in [1.807, 2.05) is 69.0 Å². The van der Waals surface area contributed by atoms with E-state index in [4.69, 9.17) is 4.98 Å². The molecular weight excluding hydrogens is 372 g/mol. The molecule has 0 fully saturated rings. The fourth-order valence-electron chi connectivity index (χ4n) is 3.16. The molecule has 4 aromatic rings. The number of hydrogen-bond donors (Lipinski definition) is 1. The molecule has 0 aliphatic carbocycles. The molecule has 3 aromatic heterocycles. The highest BCUT2D eigenvalue weighted by Crippen LogP contribution is 2.38. The maximum atomic E-state index is 12.9. The van der Waals surface area contributed by atoms with Gasteiger partial charge in [0.2, 0.25) is 0 Å². The van der Waals surface area contributed by atoms with Crippen LogP contribution in [0.5, 0.6) is 0 Å². The molecule has 0 saturated carbocycles. The summed E-state index contributed by atoms with van der Waals surface area (Å²) in [5.74, 6) is 0.605. The summed E-state index contributed by atoms with van der Waals surface area (Å²) in [7, 11) is 3.77. The SMILES string of the molecule is Cc1nn(C)c(C)c1C(=O)Nc1nc(-c2ccccc2)c(-c2nccn2C)s1. The Labute approximate surface area is 166 Å². The molecule has 0 aliphatic rings. The molecule has 142 valence electrons. The average molecular weight is 392 g/mol. The third kappa shape index (κ3) is 3.11. The van der Waals surface area contributed by atoms with Crippen molar-refractivity contribution >= 4 is 22.4 Å². The lowest BCUT2D eigenvalue weighted by atomic mass is 10.1. The van der Waals surface area contributed by atoms with Crippen LogP contribution in [-0.4, -0.2) is 30.2 Å². The van der Waals surface area contributed by atoms with Crippen molar-refractivity contribution in [2.75, 3.05) is 5.32 Å². The van der Waals surface area contributed by atoms with E-state index in [0.29, 0.717) is 16.4 Å². The van der Waals surface area contributed by atoms with E-state index in [2.05, 4.69) is 15.4 Å². The Hall–Kier alpha value is -3.26. The van der Waals surface area contributed by atoms with E-state index in [0.717, 1.165) is 27.7 Å². The molecule has 1 amide bonds.